The first kappa shape index (κ1) is 19.8. The van der Waals surface area contributed by atoms with Gasteiger partial charge in [0, 0.05) is 39.3 Å². The Morgan fingerprint density at radius 2 is 2.00 bits per heavy atom. The SMILES string of the molecule is CCNC(=NCC1CCS(=O)(=O)C1)N1CCN(c2ccccc2OC)CC1. The summed E-state index contributed by atoms with van der Waals surface area (Å²) in [4.78, 5) is 9.34. The Bertz CT molecular complexity index is 758. The first-order chi connectivity index (χ1) is 13.0. The summed E-state index contributed by atoms with van der Waals surface area (Å²) in [5.41, 5.74) is 1.12. The molecule has 0 spiro atoms. The maximum Gasteiger partial charge on any atom is 0.194 e. The highest BCUT2D eigenvalue weighted by Crippen LogP contribution is 2.28. The molecule has 2 aliphatic rings. The number of hydrogen-bond acceptors (Lipinski definition) is 5. The molecule has 1 aromatic rings. The Morgan fingerprint density at radius 1 is 1.26 bits per heavy atom. The van der Waals surface area contributed by atoms with Gasteiger partial charge in [-0.1, -0.05) is 12.1 Å². The van der Waals surface area contributed by atoms with E-state index in [1.165, 1.54) is 0 Å². The van der Waals surface area contributed by atoms with Crippen LogP contribution in [0, 0.1) is 5.92 Å². The number of ether oxygens (including phenoxy) is 1. The van der Waals surface area contributed by atoms with Gasteiger partial charge in [-0.05, 0) is 31.4 Å². The van der Waals surface area contributed by atoms with Crippen LogP contribution in [0.5, 0.6) is 5.75 Å². The maximum atomic E-state index is 11.6. The molecule has 2 fully saturated rings. The Balaban J connectivity index is 1.60. The maximum absolute atomic E-state index is 11.6. The lowest BCUT2D eigenvalue weighted by Crippen LogP contribution is -2.52. The van der Waals surface area contributed by atoms with Gasteiger partial charge in [-0.25, -0.2) is 8.42 Å². The van der Waals surface area contributed by atoms with Crippen LogP contribution in [0.1, 0.15) is 13.3 Å². The molecule has 2 heterocycles. The van der Waals surface area contributed by atoms with Gasteiger partial charge in [-0.15, -0.1) is 0 Å². The normalized spacial score (nSPS) is 22.7. The van der Waals surface area contributed by atoms with Gasteiger partial charge in [0.2, 0.25) is 0 Å². The van der Waals surface area contributed by atoms with E-state index in [1.807, 2.05) is 18.2 Å². The quantitative estimate of drug-likeness (QED) is 0.598. The zero-order valence-electron chi connectivity index (χ0n) is 16.2. The molecule has 0 bridgehead atoms. The number of rotatable bonds is 5. The lowest BCUT2D eigenvalue weighted by atomic mass is 10.1. The third kappa shape index (κ3) is 5.06. The lowest BCUT2D eigenvalue weighted by molar-refractivity contribution is 0.366. The van der Waals surface area contributed by atoms with E-state index in [9.17, 15) is 8.42 Å². The average Bonchev–Trinajstić information content (AvgIpc) is 3.04. The van der Waals surface area contributed by atoms with Gasteiger partial charge in [-0.3, -0.25) is 4.99 Å². The number of piperazine rings is 1. The third-order valence-corrected chi connectivity index (χ3v) is 7.00. The molecule has 0 aliphatic carbocycles. The molecule has 8 heteroatoms. The van der Waals surface area contributed by atoms with Crippen LogP contribution >= 0.6 is 0 Å². The van der Waals surface area contributed by atoms with Crippen molar-refractivity contribution in [3.05, 3.63) is 24.3 Å². The van der Waals surface area contributed by atoms with Crippen LogP contribution in [0.2, 0.25) is 0 Å². The fourth-order valence-corrected chi connectivity index (χ4v) is 5.56. The van der Waals surface area contributed by atoms with E-state index < -0.39 is 9.84 Å². The molecular weight excluding hydrogens is 364 g/mol. The number of sulfone groups is 1. The molecular formula is C19H30N4O3S. The summed E-state index contributed by atoms with van der Waals surface area (Å²) in [6.07, 6.45) is 0.729. The fraction of sp³-hybridized carbons (Fsp3) is 0.632. The molecule has 0 radical (unpaired) electrons. The van der Waals surface area contributed by atoms with Crippen LogP contribution in [0.3, 0.4) is 0 Å². The number of hydrogen-bond donors (Lipinski definition) is 1. The second-order valence-electron chi connectivity index (χ2n) is 7.11. The number of para-hydroxylation sites is 2. The van der Waals surface area contributed by atoms with Crippen LogP contribution in [0.25, 0.3) is 0 Å². The van der Waals surface area contributed by atoms with E-state index in [0.717, 1.165) is 56.5 Å². The molecule has 0 amide bonds. The number of benzene rings is 1. The molecule has 0 aromatic heterocycles. The summed E-state index contributed by atoms with van der Waals surface area (Å²) >= 11 is 0. The van der Waals surface area contributed by atoms with Gasteiger partial charge in [0.05, 0.1) is 24.3 Å². The smallest absolute Gasteiger partial charge is 0.194 e. The van der Waals surface area contributed by atoms with Crippen LogP contribution in [0.15, 0.2) is 29.3 Å². The predicted octanol–water partition coefficient (Wildman–Crippen LogP) is 1.22. The van der Waals surface area contributed by atoms with Gasteiger partial charge in [0.1, 0.15) is 5.75 Å². The highest BCUT2D eigenvalue weighted by Gasteiger charge is 2.28. The monoisotopic (exact) mass is 394 g/mol. The molecule has 7 nitrogen and oxygen atoms in total. The molecule has 27 heavy (non-hydrogen) atoms. The van der Waals surface area contributed by atoms with Gasteiger partial charge < -0.3 is 19.9 Å². The van der Waals surface area contributed by atoms with E-state index >= 15 is 0 Å². The molecule has 1 aromatic carbocycles. The van der Waals surface area contributed by atoms with Crippen LogP contribution in [-0.4, -0.2) is 77.2 Å². The van der Waals surface area contributed by atoms with E-state index in [1.54, 1.807) is 7.11 Å². The summed E-state index contributed by atoms with van der Waals surface area (Å²) < 4.78 is 28.8. The van der Waals surface area contributed by atoms with Crippen molar-refractivity contribution in [1.82, 2.24) is 10.2 Å². The zero-order chi connectivity index (χ0) is 19.3. The van der Waals surface area contributed by atoms with Crippen LogP contribution in [-0.2, 0) is 9.84 Å². The van der Waals surface area contributed by atoms with Crippen molar-refractivity contribution < 1.29 is 13.2 Å². The molecule has 2 saturated heterocycles. The number of guanidine groups is 1. The van der Waals surface area contributed by atoms with Gasteiger partial charge in [-0.2, -0.15) is 0 Å². The molecule has 1 atom stereocenters. The highest BCUT2D eigenvalue weighted by atomic mass is 32.2. The van der Waals surface area contributed by atoms with Crippen molar-refractivity contribution in [1.29, 1.82) is 0 Å². The molecule has 150 valence electrons. The Morgan fingerprint density at radius 3 is 2.63 bits per heavy atom. The Hall–Kier alpha value is -1.96. The number of nitrogens with one attached hydrogen (secondary N) is 1. The minimum Gasteiger partial charge on any atom is -0.495 e. The van der Waals surface area contributed by atoms with Gasteiger partial charge in [0.25, 0.3) is 0 Å². The minimum absolute atomic E-state index is 0.151. The summed E-state index contributed by atoms with van der Waals surface area (Å²) in [6.45, 7) is 6.95. The average molecular weight is 395 g/mol. The second-order valence-corrected chi connectivity index (χ2v) is 9.34. The van der Waals surface area contributed by atoms with Crippen LogP contribution < -0.4 is 15.0 Å². The van der Waals surface area contributed by atoms with E-state index in [2.05, 4.69) is 28.1 Å². The van der Waals surface area contributed by atoms with E-state index in [0.29, 0.717) is 12.3 Å². The van der Waals surface area contributed by atoms with Crippen molar-refractivity contribution in [2.24, 2.45) is 10.9 Å². The Kier molecular flexibility index (Phi) is 6.46. The van der Waals surface area contributed by atoms with Crippen molar-refractivity contribution in [2.75, 3.05) is 62.8 Å². The van der Waals surface area contributed by atoms with Gasteiger partial charge in [0.15, 0.2) is 15.8 Å². The van der Waals surface area contributed by atoms with E-state index in [4.69, 9.17) is 9.73 Å². The van der Waals surface area contributed by atoms with E-state index in [-0.39, 0.29) is 11.7 Å². The summed E-state index contributed by atoms with van der Waals surface area (Å²) in [6, 6.07) is 8.10. The minimum atomic E-state index is -2.85. The standard InChI is InChI=1S/C19H30N4O3S/c1-3-20-19(21-14-16-8-13-27(24,25)15-16)23-11-9-22(10-12-23)17-6-4-5-7-18(17)26-2/h4-7,16H,3,8-15H2,1-2H3,(H,20,21). The van der Waals surface area contributed by atoms with Crippen molar-refractivity contribution in [3.63, 3.8) is 0 Å². The topological polar surface area (TPSA) is 74.2 Å². The third-order valence-electron chi connectivity index (χ3n) is 5.17. The predicted molar refractivity (Wildman–Crippen MR) is 110 cm³/mol. The fourth-order valence-electron chi connectivity index (χ4n) is 3.71. The molecule has 3 rings (SSSR count). The summed E-state index contributed by atoms with van der Waals surface area (Å²) in [5.74, 6) is 2.52. The van der Waals surface area contributed by atoms with Crippen molar-refractivity contribution >= 4 is 21.5 Å². The first-order valence-electron chi connectivity index (χ1n) is 9.64. The Labute approximate surface area is 162 Å². The first-order valence-corrected chi connectivity index (χ1v) is 11.5. The van der Waals surface area contributed by atoms with Crippen molar-refractivity contribution in [3.8, 4) is 5.75 Å². The van der Waals surface area contributed by atoms with Crippen molar-refractivity contribution in [2.45, 2.75) is 13.3 Å². The number of aliphatic imine (C=N–C) groups is 1. The highest BCUT2D eigenvalue weighted by molar-refractivity contribution is 7.91. The molecule has 2 aliphatic heterocycles. The largest absolute Gasteiger partial charge is 0.495 e. The summed E-state index contributed by atoms with van der Waals surface area (Å²) in [7, 11) is -1.14. The number of methoxy groups -OCH3 is 1. The number of anilines is 1. The zero-order valence-corrected chi connectivity index (χ0v) is 17.0. The number of nitrogens with zero attached hydrogens (tertiary/aromatic N) is 3. The lowest BCUT2D eigenvalue weighted by Gasteiger charge is -2.38. The van der Waals surface area contributed by atoms with Crippen LogP contribution in [0.4, 0.5) is 5.69 Å². The molecule has 1 unspecified atom stereocenters. The second kappa shape index (κ2) is 8.82. The summed E-state index contributed by atoms with van der Waals surface area (Å²) in [5, 5.41) is 3.36. The van der Waals surface area contributed by atoms with Gasteiger partial charge >= 0.3 is 0 Å². The molecule has 0 saturated carbocycles. The molecule has 1 N–H and O–H groups in total.